The number of hydrogen-bond donors (Lipinski definition) is 1. The van der Waals surface area contributed by atoms with Gasteiger partial charge in [-0.2, -0.15) is 0 Å². The number of H-pyrrole nitrogens is 1. The molecule has 0 amide bonds. The summed E-state index contributed by atoms with van der Waals surface area (Å²) >= 11 is 11.4. The van der Waals surface area contributed by atoms with Gasteiger partial charge in [0.2, 0.25) is 0 Å². The molecule has 0 aliphatic rings. The molecule has 1 N–H and O–H groups in total. The quantitative estimate of drug-likeness (QED) is 0.640. The van der Waals surface area contributed by atoms with Crippen LogP contribution in [-0.4, -0.2) is 9.55 Å². The second kappa shape index (κ2) is 4.47. The molecule has 0 aliphatic carbocycles. The van der Waals surface area contributed by atoms with Gasteiger partial charge >= 0.3 is 0 Å². The zero-order valence-electron chi connectivity index (χ0n) is 10.1. The fraction of sp³-hybridized carbons (Fsp3) is 0.0714. The highest BCUT2D eigenvalue weighted by atomic mass is 35.5. The number of nitrogens with one attached hydrogen (secondary N) is 1. The van der Waals surface area contributed by atoms with Crippen molar-refractivity contribution in [3.05, 3.63) is 57.6 Å². The van der Waals surface area contributed by atoms with Gasteiger partial charge in [-0.05, 0) is 49.0 Å². The third-order valence-electron chi connectivity index (χ3n) is 3.06. The lowest BCUT2D eigenvalue weighted by Gasteiger charge is -2.09. The van der Waals surface area contributed by atoms with E-state index in [4.69, 9.17) is 23.8 Å². The summed E-state index contributed by atoms with van der Waals surface area (Å²) in [5.74, 6) is -0.296. The third kappa shape index (κ3) is 2.07. The van der Waals surface area contributed by atoms with Crippen molar-refractivity contribution in [2.75, 3.05) is 0 Å². The zero-order chi connectivity index (χ0) is 13.6. The predicted octanol–water partition coefficient (Wildman–Crippen LogP) is 4.79. The first-order valence-electron chi connectivity index (χ1n) is 5.73. The van der Waals surface area contributed by atoms with Gasteiger partial charge in [0.25, 0.3) is 0 Å². The predicted molar refractivity (Wildman–Crippen MR) is 78.2 cm³/mol. The molecular formula is C14H10ClFN2S. The van der Waals surface area contributed by atoms with Crippen molar-refractivity contribution in [1.29, 1.82) is 0 Å². The minimum atomic E-state index is -0.296. The molecule has 5 heteroatoms. The molecule has 0 radical (unpaired) electrons. The summed E-state index contributed by atoms with van der Waals surface area (Å²) in [4.78, 5) is 3.07. The molecule has 2 nitrogen and oxygen atoms in total. The molecule has 0 saturated carbocycles. The first-order valence-corrected chi connectivity index (χ1v) is 6.52. The zero-order valence-corrected chi connectivity index (χ0v) is 11.6. The Hall–Kier alpha value is -1.65. The van der Waals surface area contributed by atoms with Crippen LogP contribution in [0.2, 0.25) is 5.02 Å². The Bertz CT molecular complexity index is 835. The first-order chi connectivity index (χ1) is 9.06. The number of fused-ring (bicyclic) bond motifs is 1. The van der Waals surface area contributed by atoms with E-state index in [0.29, 0.717) is 15.3 Å². The van der Waals surface area contributed by atoms with Gasteiger partial charge < -0.3 is 4.98 Å². The van der Waals surface area contributed by atoms with Crippen LogP contribution in [0.25, 0.3) is 16.7 Å². The lowest BCUT2D eigenvalue weighted by molar-refractivity contribution is 0.629. The smallest absolute Gasteiger partial charge is 0.182 e. The third-order valence-corrected chi connectivity index (χ3v) is 3.58. The molecule has 0 unspecified atom stereocenters. The highest BCUT2D eigenvalue weighted by Gasteiger charge is 2.10. The molecule has 3 rings (SSSR count). The van der Waals surface area contributed by atoms with E-state index in [1.807, 2.05) is 25.1 Å². The monoisotopic (exact) mass is 292 g/mol. The van der Waals surface area contributed by atoms with Crippen molar-refractivity contribution in [1.82, 2.24) is 9.55 Å². The van der Waals surface area contributed by atoms with Crippen molar-refractivity contribution in [2.24, 2.45) is 0 Å². The number of benzene rings is 2. The Balaban J connectivity index is 2.42. The molecule has 0 saturated heterocycles. The van der Waals surface area contributed by atoms with Gasteiger partial charge in [0.1, 0.15) is 5.82 Å². The van der Waals surface area contributed by atoms with Crippen molar-refractivity contribution in [3.8, 4) is 5.69 Å². The van der Waals surface area contributed by atoms with Gasteiger partial charge in [0.05, 0.1) is 16.7 Å². The molecule has 0 fully saturated rings. The normalized spacial score (nSPS) is 11.1. The maximum Gasteiger partial charge on any atom is 0.182 e. The summed E-state index contributed by atoms with van der Waals surface area (Å²) in [5, 5.41) is 0.619. The average Bonchev–Trinajstić information content (AvgIpc) is 2.68. The standard InChI is InChI=1S/C14H10ClFN2S/c1-8-2-3-9(15)6-12(8)18-13-7-10(16)4-5-11(13)17-14(18)19/h2-7H,1H3,(H,17,19). The number of aromatic amines is 1. The Kier molecular flexibility index (Phi) is 2.92. The molecule has 0 atom stereocenters. The van der Waals surface area contributed by atoms with Crippen LogP contribution in [-0.2, 0) is 0 Å². The number of nitrogens with zero attached hydrogens (tertiary/aromatic N) is 1. The van der Waals surface area contributed by atoms with E-state index in [0.717, 1.165) is 16.8 Å². The van der Waals surface area contributed by atoms with Gasteiger partial charge in [-0.25, -0.2) is 4.39 Å². The summed E-state index contributed by atoms with van der Waals surface area (Å²) in [6.07, 6.45) is 0. The molecule has 96 valence electrons. The molecule has 0 spiro atoms. The van der Waals surface area contributed by atoms with Crippen LogP contribution >= 0.6 is 23.8 Å². The summed E-state index contributed by atoms with van der Waals surface area (Å²) in [6, 6.07) is 10.1. The van der Waals surface area contributed by atoms with E-state index in [-0.39, 0.29) is 5.82 Å². The van der Waals surface area contributed by atoms with Crippen LogP contribution in [0.5, 0.6) is 0 Å². The van der Waals surface area contributed by atoms with Gasteiger partial charge in [-0.1, -0.05) is 17.7 Å². The first kappa shape index (κ1) is 12.4. The van der Waals surface area contributed by atoms with Gasteiger partial charge in [0.15, 0.2) is 4.77 Å². The van der Waals surface area contributed by atoms with E-state index in [1.54, 1.807) is 10.6 Å². The van der Waals surface area contributed by atoms with E-state index >= 15 is 0 Å². The average molecular weight is 293 g/mol. The maximum absolute atomic E-state index is 13.4. The van der Waals surface area contributed by atoms with E-state index in [1.165, 1.54) is 12.1 Å². The molecule has 3 aromatic rings. The van der Waals surface area contributed by atoms with Crippen LogP contribution < -0.4 is 0 Å². The van der Waals surface area contributed by atoms with E-state index in [9.17, 15) is 4.39 Å². The Labute approximate surface area is 119 Å². The fourth-order valence-corrected chi connectivity index (χ4v) is 2.61. The van der Waals surface area contributed by atoms with Crippen LogP contribution in [0.15, 0.2) is 36.4 Å². The van der Waals surface area contributed by atoms with Crippen molar-refractivity contribution in [3.63, 3.8) is 0 Å². The van der Waals surface area contributed by atoms with Gasteiger partial charge in [-0.15, -0.1) is 0 Å². The minimum absolute atomic E-state index is 0.296. The van der Waals surface area contributed by atoms with Crippen molar-refractivity contribution in [2.45, 2.75) is 6.92 Å². The summed E-state index contributed by atoms with van der Waals surface area (Å²) in [6.45, 7) is 1.96. The molecule has 2 aromatic carbocycles. The lowest BCUT2D eigenvalue weighted by atomic mass is 10.2. The number of rotatable bonds is 1. The van der Waals surface area contributed by atoms with Gasteiger partial charge in [0, 0.05) is 11.1 Å². The fourth-order valence-electron chi connectivity index (χ4n) is 2.14. The molecule has 1 heterocycles. The Morgan fingerprint density at radius 2 is 2.00 bits per heavy atom. The van der Waals surface area contributed by atoms with Crippen LogP contribution in [0, 0.1) is 17.5 Å². The highest BCUT2D eigenvalue weighted by molar-refractivity contribution is 7.71. The SMILES string of the molecule is Cc1ccc(Cl)cc1-n1c(=S)[nH]c2ccc(F)cc21. The summed E-state index contributed by atoms with van der Waals surface area (Å²) in [7, 11) is 0. The number of aryl methyl sites for hydroxylation is 1. The summed E-state index contributed by atoms with van der Waals surface area (Å²) < 4.78 is 15.8. The van der Waals surface area contributed by atoms with Crippen LogP contribution in [0.4, 0.5) is 4.39 Å². The number of hydrogen-bond acceptors (Lipinski definition) is 1. The van der Waals surface area contributed by atoms with E-state index in [2.05, 4.69) is 4.98 Å². The Morgan fingerprint density at radius 3 is 2.79 bits per heavy atom. The second-order valence-corrected chi connectivity index (χ2v) is 5.18. The van der Waals surface area contributed by atoms with E-state index < -0.39 is 0 Å². The maximum atomic E-state index is 13.4. The number of imidazole rings is 1. The molecular weight excluding hydrogens is 283 g/mol. The van der Waals surface area contributed by atoms with Crippen molar-refractivity contribution >= 4 is 34.9 Å². The number of aromatic nitrogens is 2. The number of halogens is 2. The van der Waals surface area contributed by atoms with Crippen molar-refractivity contribution < 1.29 is 4.39 Å². The topological polar surface area (TPSA) is 20.7 Å². The van der Waals surface area contributed by atoms with Crippen LogP contribution in [0.1, 0.15) is 5.56 Å². The Morgan fingerprint density at radius 1 is 1.21 bits per heavy atom. The molecule has 0 aliphatic heterocycles. The largest absolute Gasteiger partial charge is 0.330 e. The summed E-state index contributed by atoms with van der Waals surface area (Å²) in [5.41, 5.74) is 3.38. The molecule has 19 heavy (non-hydrogen) atoms. The van der Waals surface area contributed by atoms with Crippen LogP contribution in [0.3, 0.4) is 0 Å². The lowest BCUT2D eigenvalue weighted by Crippen LogP contribution is -1.97. The molecule has 0 bridgehead atoms. The second-order valence-electron chi connectivity index (χ2n) is 4.36. The molecule has 1 aromatic heterocycles. The highest BCUT2D eigenvalue weighted by Crippen LogP contribution is 2.25. The van der Waals surface area contributed by atoms with Gasteiger partial charge in [-0.3, -0.25) is 4.57 Å². The minimum Gasteiger partial charge on any atom is -0.330 e.